The van der Waals surface area contributed by atoms with Gasteiger partial charge >= 0.3 is 0 Å². The van der Waals surface area contributed by atoms with E-state index in [9.17, 15) is 8.42 Å². The Morgan fingerprint density at radius 2 is 2.15 bits per heavy atom. The Balaban J connectivity index is 0.00000200. The summed E-state index contributed by atoms with van der Waals surface area (Å²) in [6.45, 7) is 0.538. The smallest absolute Gasteiger partial charge is 0.298 e. The summed E-state index contributed by atoms with van der Waals surface area (Å²) in [6, 6.07) is 5.68. The number of hydrogen-bond acceptors (Lipinski definition) is 5. The fourth-order valence-electron chi connectivity index (χ4n) is 1.80. The zero-order chi connectivity index (χ0) is 14.0. The molecule has 1 aromatic carbocycles. The van der Waals surface area contributed by atoms with Crippen molar-refractivity contribution in [2.45, 2.75) is 17.3 Å². The third-order valence-corrected chi connectivity index (χ3v) is 5.91. The van der Waals surface area contributed by atoms with Gasteiger partial charge < -0.3 is 5.48 Å². The SMILES string of the molecule is CSc1sc2ccc(Cl)cc2[n+]1CCCS(=O)(=O)O.[OH-]. The average molecular weight is 356 g/mol. The van der Waals surface area contributed by atoms with Gasteiger partial charge in [0.15, 0.2) is 6.54 Å². The van der Waals surface area contributed by atoms with Gasteiger partial charge in [-0.15, -0.1) is 0 Å². The molecular weight excluding hydrogens is 342 g/mol. The number of thioether (sulfide) groups is 1. The van der Waals surface area contributed by atoms with E-state index in [1.54, 1.807) is 23.1 Å². The largest absolute Gasteiger partial charge is 0.870 e. The number of fused-ring (bicyclic) bond motifs is 1. The maximum Gasteiger partial charge on any atom is 0.298 e. The Kier molecular flexibility index (Phi) is 6.24. The van der Waals surface area contributed by atoms with Crippen molar-refractivity contribution in [2.75, 3.05) is 12.0 Å². The Hall–Kier alpha value is -0.380. The summed E-state index contributed by atoms with van der Waals surface area (Å²) in [5.41, 5.74) is 0.997. The molecule has 5 nitrogen and oxygen atoms in total. The fraction of sp³-hybridized carbons (Fsp3) is 0.364. The van der Waals surface area contributed by atoms with E-state index in [2.05, 4.69) is 0 Å². The average Bonchev–Trinajstić information content (AvgIpc) is 2.65. The molecule has 0 aliphatic heterocycles. The molecule has 1 aromatic heterocycles. The van der Waals surface area contributed by atoms with Crippen molar-refractivity contribution in [2.24, 2.45) is 0 Å². The third kappa shape index (κ3) is 4.31. The normalized spacial score (nSPS) is 11.6. The minimum atomic E-state index is -3.90. The van der Waals surface area contributed by atoms with Crippen LogP contribution in [0.2, 0.25) is 5.02 Å². The number of aromatic nitrogens is 1. The summed E-state index contributed by atoms with van der Waals surface area (Å²) in [5.74, 6) is -0.230. The van der Waals surface area contributed by atoms with E-state index in [4.69, 9.17) is 16.2 Å². The Morgan fingerprint density at radius 3 is 2.75 bits per heavy atom. The molecule has 0 fully saturated rings. The lowest BCUT2D eigenvalue weighted by Crippen LogP contribution is -2.35. The lowest BCUT2D eigenvalue weighted by Gasteiger charge is -1.97. The molecule has 0 amide bonds. The van der Waals surface area contributed by atoms with E-state index in [0.717, 1.165) is 14.6 Å². The van der Waals surface area contributed by atoms with Gasteiger partial charge in [-0.2, -0.15) is 13.0 Å². The molecule has 1 heterocycles. The van der Waals surface area contributed by atoms with Gasteiger partial charge in [0.2, 0.25) is 5.52 Å². The summed E-state index contributed by atoms with van der Waals surface area (Å²) in [6.07, 6.45) is 2.35. The van der Waals surface area contributed by atoms with Crippen molar-refractivity contribution < 1.29 is 23.0 Å². The lowest BCUT2D eigenvalue weighted by molar-refractivity contribution is -0.701. The first-order valence-corrected chi connectivity index (χ1v) is 9.54. The second kappa shape index (κ2) is 7.06. The number of nitrogens with zero attached hydrogens (tertiary/aromatic N) is 1. The molecule has 0 aliphatic carbocycles. The number of halogens is 1. The van der Waals surface area contributed by atoms with Crippen LogP contribution in [-0.4, -0.2) is 30.5 Å². The van der Waals surface area contributed by atoms with Crippen LogP contribution in [0.3, 0.4) is 0 Å². The topological polar surface area (TPSA) is 88.2 Å². The van der Waals surface area contributed by atoms with Gasteiger partial charge in [0.05, 0.1) is 5.75 Å². The van der Waals surface area contributed by atoms with E-state index in [0.29, 0.717) is 18.0 Å². The Bertz CT molecular complexity index is 699. The summed E-state index contributed by atoms with van der Waals surface area (Å²) in [7, 11) is -3.90. The van der Waals surface area contributed by atoms with E-state index in [1.807, 2.05) is 29.0 Å². The first-order valence-electron chi connectivity index (χ1n) is 5.52. The van der Waals surface area contributed by atoms with Crippen LogP contribution >= 0.6 is 34.7 Å². The monoisotopic (exact) mass is 355 g/mol. The number of rotatable bonds is 5. The number of benzene rings is 1. The highest BCUT2D eigenvalue weighted by Gasteiger charge is 2.20. The minimum Gasteiger partial charge on any atom is -0.870 e. The van der Waals surface area contributed by atoms with Gasteiger partial charge in [0, 0.05) is 17.5 Å². The van der Waals surface area contributed by atoms with Crippen LogP contribution in [0.5, 0.6) is 0 Å². The van der Waals surface area contributed by atoms with Crippen molar-refractivity contribution >= 4 is 55.0 Å². The highest BCUT2D eigenvalue weighted by molar-refractivity contribution is 8.00. The maximum atomic E-state index is 10.8. The van der Waals surface area contributed by atoms with Gasteiger partial charge in [0.1, 0.15) is 4.70 Å². The lowest BCUT2D eigenvalue weighted by atomic mass is 10.3. The van der Waals surface area contributed by atoms with Gasteiger partial charge in [0.25, 0.3) is 14.5 Å². The second-order valence-electron chi connectivity index (χ2n) is 3.98. The quantitative estimate of drug-likeness (QED) is 0.506. The fourth-order valence-corrected chi connectivity index (χ4v) is 4.37. The van der Waals surface area contributed by atoms with Crippen molar-refractivity contribution in [3.8, 4) is 0 Å². The molecule has 0 radical (unpaired) electrons. The molecule has 0 saturated carbocycles. The molecule has 0 spiro atoms. The van der Waals surface area contributed by atoms with Crippen LogP contribution < -0.4 is 4.57 Å². The molecule has 112 valence electrons. The highest BCUT2D eigenvalue weighted by Crippen LogP contribution is 2.28. The number of thiazole rings is 1. The number of aryl methyl sites for hydroxylation is 1. The molecule has 0 bridgehead atoms. The van der Waals surface area contributed by atoms with Crippen LogP contribution in [0.15, 0.2) is 22.5 Å². The van der Waals surface area contributed by atoms with Crippen LogP contribution in [0.4, 0.5) is 0 Å². The Morgan fingerprint density at radius 1 is 1.45 bits per heavy atom. The van der Waals surface area contributed by atoms with Crippen LogP contribution in [0.25, 0.3) is 10.2 Å². The van der Waals surface area contributed by atoms with Crippen molar-refractivity contribution in [1.29, 1.82) is 0 Å². The standard InChI is InChI=1S/C11H12ClNO3S3.H2O/c1-17-11-13(5-2-6-19(14,15)16)9-7-8(12)3-4-10(9)18-11;/h3-4,7H,2,5-6H2,1H3;1H2. The molecular formula is C11H14ClNO4S3. The molecule has 2 rings (SSSR count). The van der Waals surface area contributed by atoms with Crippen molar-refractivity contribution in [3.05, 3.63) is 23.2 Å². The maximum absolute atomic E-state index is 10.8. The van der Waals surface area contributed by atoms with E-state index >= 15 is 0 Å². The van der Waals surface area contributed by atoms with E-state index in [-0.39, 0.29) is 11.2 Å². The molecule has 0 unspecified atom stereocenters. The first kappa shape index (κ1) is 17.7. The molecule has 9 heteroatoms. The van der Waals surface area contributed by atoms with Crippen molar-refractivity contribution in [3.63, 3.8) is 0 Å². The Labute approximate surface area is 130 Å². The molecule has 0 atom stereocenters. The number of hydrogen-bond donors (Lipinski definition) is 1. The molecule has 0 aliphatic rings. The summed E-state index contributed by atoms with van der Waals surface area (Å²) >= 11 is 9.26. The van der Waals surface area contributed by atoms with Crippen LogP contribution in [-0.2, 0) is 16.7 Å². The summed E-state index contributed by atoms with van der Waals surface area (Å²) < 4.78 is 34.5. The van der Waals surface area contributed by atoms with Crippen LogP contribution in [0.1, 0.15) is 6.42 Å². The van der Waals surface area contributed by atoms with Gasteiger partial charge in [-0.05, 0) is 30.2 Å². The van der Waals surface area contributed by atoms with Gasteiger partial charge in [-0.25, -0.2) is 0 Å². The van der Waals surface area contributed by atoms with E-state index < -0.39 is 10.1 Å². The minimum absolute atomic E-state index is 0. The predicted molar refractivity (Wildman–Crippen MR) is 81.8 cm³/mol. The third-order valence-electron chi connectivity index (χ3n) is 2.59. The zero-order valence-corrected chi connectivity index (χ0v) is 13.8. The summed E-state index contributed by atoms with van der Waals surface area (Å²) in [5, 5.41) is 0.654. The molecule has 2 aromatic rings. The van der Waals surface area contributed by atoms with Gasteiger partial charge in [-0.3, -0.25) is 4.55 Å². The van der Waals surface area contributed by atoms with E-state index in [1.165, 1.54) is 0 Å². The van der Waals surface area contributed by atoms with Gasteiger partial charge in [-0.1, -0.05) is 22.9 Å². The molecule has 2 N–H and O–H groups in total. The highest BCUT2D eigenvalue weighted by atomic mass is 35.5. The van der Waals surface area contributed by atoms with Crippen LogP contribution in [0, 0.1) is 0 Å². The predicted octanol–water partition coefficient (Wildman–Crippen LogP) is 2.67. The first-order chi connectivity index (χ1) is 8.90. The summed E-state index contributed by atoms with van der Waals surface area (Å²) in [4.78, 5) is 0. The van der Waals surface area contributed by atoms with Crippen molar-refractivity contribution in [1.82, 2.24) is 0 Å². The molecule has 20 heavy (non-hydrogen) atoms. The zero-order valence-electron chi connectivity index (χ0n) is 10.6. The molecule has 0 saturated heterocycles. The second-order valence-corrected chi connectivity index (χ2v) is 8.07.